The number of anilines is 1. The molecule has 0 saturated heterocycles. The molecule has 0 aliphatic heterocycles. The zero-order chi connectivity index (χ0) is 11.3. The minimum atomic E-state index is 0.0636. The summed E-state index contributed by atoms with van der Waals surface area (Å²) in [6.45, 7) is 4.04. The summed E-state index contributed by atoms with van der Waals surface area (Å²) in [5.41, 5.74) is 0.731. The van der Waals surface area contributed by atoms with Crippen LogP contribution in [-0.2, 0) is 4.79 Å². The molecule has 3 nitrogen and oxygen atoms in total. The quantitative estimate of drug-likeness (QED) is 0.854. The Morgan fingerprint density at radius 3 is 2.73 bits per heavy atom. The number of amides is 1. The molecule has 82 valence electrons. The molecule has 1 amide bonds. The first-order valence-electron chi connectivity index (χ1n) is 5.10. The smallest absolute Gasteiger partial charge is 0.227 e. The van der Waals surface area contributed by atoms with Crippen molar-refractivity contribution in [2.75, 3.05) is 5.32 Å². The highest BCUT2D eigenvalue weighted by Gasteiger charge is 2.14. The van der Waals surface area contributed by atoms with Gasteiger partial charge in [0.1, 0.15) is 4.60 Å². The van der Waals surface area contributed by atoms with E-state index in [0.29, 0.717) is 4.60 Å². The summed E-state index contributed by atoms with van der Waals surface area (Å²) in [6.07, 6.45) is 3.40. The van der Waals surface area contributed by atoms with Gasteiger partial charge in [-0.25, -0.2) is 4.98 Å². The summed E-state index contributed by atoms with van der Waals surface area (Å²) in [4.78, 5) is 15.8. The van der Waals surface area contributed by atoms with Crippen molar-refractivity contribution in [1.82, 2.24) is 4.98 Å². The first kappa shape index (κ1) is 12.2. The molecule has 0 spiro atoms. The van der Waals surface area contributed by atoms with Gasteiger partial charge in [0.25, 0.3) is 0 Å². The van der Waals surface area contributed by atoms with E-state index < -0.39 is 0 Å². The SMILES string of the molecule is CCC(CC)C(=O)Nc1cccnc1Br. The lowest BCUT2D eigenvalue weighted by molar-refractivity contribution is -0.120. The lowest BCUT2D eigenvalue weighted by Gasteiger charge is -2.13. The standard InChI is InChI=1S/C11H15BrN2O/c1-3-8(4-2)11(15)14-9-6-5-7-13-10(9)12/h5-8H,3-4H2,1-2H3,(H,14,15). The Balaban J connectivity index is 2.70. The molecule has 0 atom stereocenters. The lowest BCUT2D eigenvalue weighted by atomic mass is 10.0. The summed E-state index contributed by atoms with van der Waals surface area (Å²) < 4.78 is 0.671. The molecular weight excluding hydrogens is 256 g/mol. The number of rotatable bonds is 4. The molecular formula is C11H15BrN2O. The molecule has 0 fully saturated rings. The van der Waals surface area contributed by atoms with Crippen LogP contribution in [0.4, 0.5) is 5.69 Å². The van der Waals surface area contributed by atoms with Crippen LogP contribution in [0.15, 0.2) is 22.9 Å². The fourth-order valence-corrected chi connectivity index (χ4v) is 1.72. The number of hydrogen-bond acceptors (Lipinski definition) is 2. The van der Waals surface area contributed by atoms with Crippen LogP contribution < -0.4 is 5.32 Å². The third kappa shape index (κ3) is 3.30. The summed E-state index contributed by atoms with van der Waals surface area (Å²) in [7, 11) is 0. The van der Waals surface area contributed by atoms with Crippen molar-refractivity contribution in [3.8, 4) is 0 Å². The Labute approximate surface area is 98.4 Å². The topological polar surface area (TPSA) is 42.0 Å². The molecule has 0 saturated carbocycles. The first-order valence-corrected chi connectivity index (χ1v) is 5.89. The minimum absolute atomic E-state index is 0.0636. The van der Waals surface area contributed by atoms with Crippen LogP contribution in [0.25, 0.3) is 0 Å². The van der Waals surface area contributed by atoms with Crippen molar-refractivity contribution in [3.63, 3.8) is 0 Å². The van der Waals surface area contributed by atoms with Gasteiger partial charge in [-0.2, -0.15) is 0 Å². The number of nitrogens with one attached hydrogen (secondary N) is 1. The Hall–Kier alpha value is -0.900. The van der Waals surface area contributed by atoms with Gasteiger partial charge in [0.15, 0.2) is 0 Å². The van der Waals surface area contributed by atoms with Gasteiger partial charge in [-0.3, -0.25) is 4.79 Å². The molecule has 1 aromatic heterocycles. The minimum Gasteiger partial charge on any atom is -0.324 e. The van der Waals surface area contributed by atoms with Crippen LogP contribution >= 0.6 is 15.9 Å². The average molecular weight is 271 g/mol. The second-order valence-corrected chi connectivity index (χ2v) is 4.10. The molecule has 4 heteroatoms. The van der Waals surface area contributed by atoms with E-state index >= 15 is 0 Å². The summed E-state index contributed by atoms with van der Waals surface area (Å²) in [5.74, 6) is 0.144. The number of carbonyl (C=O) groups excluding carboxylic acids is 1. The maximum absolute atomic E-state index is 11.8. The van der Waals surface area contributed by atoms with Crippen LogP contribution in [0, 0.1) is 5.92 Å². The predicted octanol–water partition coefficient (Wildman–Crippen LogP) is 3.22. The number of hydrogen-bond donors (Lipinski definition) is 1. The van der Waals surface area contributed by atoms with E-state index in [-0.39, 0.29) is 11.8 Å². The van der Waals surface area contributed by atoms with E-state index in [1.54, 1.807) is 12.3 Å². The highest BCUT2D eigenvalue weighted by Crippen LogP contribution is 2.20. The molecule has 0 aromatic carbocycles. The van der Waals surface area contributed by atoms with Gasteiger partial charge in [0.2, 0.25) is 5.91 Å². The Kier molecular flexibility index (Phi) is 4.75. The third-order valence-electron chi connectivity index (χ3n) is 2.37. The van der Waals surface area contributed by atoms with Crippen molar-refractivity contribution in [2.24, 2.45) is 5.92 Å². The highest BCUT2D eigenvalue weighted by molar-refractivity contribution is 9.10. The highest BCUT2D eigenvalue weighted by atomic mass is 79.9. The number of carbonyl (C=O) groups is 1. The maximum atomic E-state index is 11.8. The zero-order valence-electron chi connectivity index (χ0n) is 8.96. The van der Waals surface area contributed by atoms with Gasteiger partial charge in [0.05, 0.1) is 5.69 Å². The number of aromatic nitrogens is 1. The van der Waals surface area contributed by atoms with Gasteiger partial charge in [-0.1, -0.05) is 13.8 Å². The first-order chi connectivity index (χ1) is 7.19. The molecule has 0 bridgehead atoms. The largest absolute Gasteiger partial charge is 0.324 e. The summed E-state index contributed by atoms with van der Waals surface area (Å²) >= 11 is 3.29. The van der Waals surface area contributed by atoms with Crippen molar-refractivity contribution < 1.29 is 4.79 Å². The van der Waals surface area contributed by atoms with Gasteiger partial charge in [-0.05, 0) is 40.9 Å². The van der Waals surface area contributed by atoms with Crippen molar-refractivity contribution >= 4 is 27.5 Å². The Bertz CT molecular complexity index is 337. The monoisotopic (exact) mass is 270 g/mol. The van der Waals surface area contributed by atoms with E-state index in [2.05, 4.69) is 26.2 Å². The summed E-state index contributed by atoms with van der Waals surface area (Å²) in [6, 6.07) is 3.63. The normalized spacial score (nSPS) is 10.4. The molecule has 1 heterocycles. The second kappa shape index (κ2) is 5.85. The van der Waals surface area contributed by atoms with Crippen molar-refractivity contribution in [2.45, 2.75) is 26.7 Å². The van der Waals surface area contributed by atoms with Gasteiger partial charge < -0.3 is 5.32 Å². The molecule has 0 aliphatic rings. The van der Waals surface area contributed by atoms with Crippen LogP contribution in [0.1, 0.15) is 26.7 Å². The van der Waals surface area contributed by atoms with Gasteiger partial charge in [0, 0.05) is 12.1 Å². The molecule has 1 aromatic rings. The van der Waals surface area contributed by atoms with E-state index in [9.17, 15) is 4.79 Å². The zero-order valence-corrected chi connectivity index (χ0v) is 10.5. The van der Waals surface area contributed by atoms with E-state index in [1.165, 1.54) is 0 Å². The predicted molar refractivity (Wildman–Crippen MR) is 64.6 cm³/mol. The molecule has 0 radical (unpaired) electrons. The van der Waals surface area contributed by atoms with Crippen molar-refractivity contribution in [3.05, 3.63) is 22.9 Å². The number of pyridine rings is 1. The van der Waals surface area contributed by atoms with Crippen LogP contribution in [0.5, 0.6) is 0 Å². The lowest BCUT2D eigenvalue weighted by Crippen LogP contribution is -2.21. The fourth-order valence-electron chi connectivity index (χ4n) is 1.37. The fraction of sp³-hybridized carbons (Fsp3) is 0.455. The van der Waals surface area contributed by atoms with E-state index in [1.807, 2.05) is 19.9 Å². The molecule has 0 unspecified atom stereocenters. The molecule has 15 heavy (non-hydrogen) atoms. The van der Waals surface area contributed by atoms with Crippen molar-refractivity contribution in [1.29, 1.82) is 0 Å². The molecule has 1 N–H and O–H groups in total. The number of nitrogens with zero attached hydrogens (tertiary/aromatic N) is 1. The molecule has 1 rings (SSSR count). The van der Waals surface area contributed by atoms with Gasteiger partial charge >= 0.3 is 0 Å². The van der Waals surface area contributed by atoms with E-state index in [4.69, 9.17) is 0 Å². The van der Waals surface area contributed by atoms with Crippen LogP contribution in [-0.4, -0.2) is 10.9 Å². The summed E-state index contributed by atoms with van der Waals surface area (Å²) in [5, 5.41) is 2.86. The van der Waals surface area contributed by atoms with E-state index in [0.717, 1.165) is 18.5 Å². The average Bonchev–Trinajstić information content (AvgIpc) is 2.23. The second-order valence-electron chi connectivity index (χ2n) is 3.34. The third-order valence-corrected chi connectivity index (χ3v) is 3.01. The van der Waals surface area contributed by atoms with Crippen LogP contribution in [0.2, 0.25) is 0 Å². The van der Waals surface area contributed by atoms with Crippen LogP contribution in [0.3, 0.4) is 0 Å². The maximum Gasteiger partial charge on any atom is 0.227 e. The Morgan fingerprint density at radius 1 is 1.53 bits per heavy atom. The number of halogens is 1. The Morgan fingerprint density at radius 2 is 2.20 bits per heavy atom. The molecule has 0 aliphatic carbocycles. The van der Waals surface area contributed by atoms with Gasteiger partial charge in [-0.15, -0.1) is 0 Å².